The first-order chi connectivity index (χ1) is 12.0. The minimum absolute atomic E-state index is 0.193. The van der Waals surface area contributed by atoms with Crippen molar-refractivity contribution in [2.45, 2.75) is 13.8 Å². The topological polar surface area (TPSA) is 96.1 Å². The highest BCUT2D eigenvalue weighted by Crippen LogP contribution is 2.13. The number of nitrogens with one attached hydrogen (secondary N) is 1. The normalized spacial score (nSPS) is 11.1. The Morgan fingerprint density at radius 2 is 1.88 bits per heavy atom. The third-order valence-corrected chi connectivity index (χ3v) is 3.69. The molecule has 0 aliphatic carbocycles. The summed E-state index contributed by atoms with van der Waals surface area (Å²) < 4.78 is 1.73. The number of benzene rings is 1. The summed E-state index contributed by atoms with van der Waals surface area (Å²) in [4.78, 5) is 27.6. The maximum absolute atomic E-state index is 12.4. The minimum Gasteiger partial charge on any atom is -0.478 e. The molecule has 0 saturated carbocycles. The first-order valence-corrected chi connectivity index (χ1v) is 7.58. The van der Waals surface area contributed by atoms with Gasteiger partial charge in [-0.1, -0.05) is 18.2 Å². The highest BCUT2D eigenvalue weighted by molar-refractivity contribution is 5.95. The highest BCUT2D eigenvalue weighted by atomic mass is 16.4. The molecule has 0 aliphatic heterocycles. The van der Waals surface area contributed by atoms with Crippen LogP contribution < -0.4 is 5.43 Å². The van der Waals surface area contributed by atoms with Crippen molar-refractivity contribution in [2.75, 3.05) is 0 Å². The van der Waals surface area contributed by atoms with E-state index in [0.29, 0.717) is 22.6 Å². The summed E-state index contributed by atoms with van der Waals surface area (Å²) in [5.41, 5.74) is 6.10. The zero-order valence-electron chi connectivity index (χ0n) is 13.7. The Kier molecular flexibility index (Phi) is 4.30. The Morgan fingerprint density at radius 1 is 1.16 bits per heavy atom. The lowest BCUT2D eigenvalue weighted by Crippen LogP contribution is -2.20. The monoisotopic (exact) mass is 336 g/mol. The smallest absolute Gasteiger partial charge is 0.335 e. The van der Waals surface area contributed by atoms with Gasteiger partial charge in [-0.25, -0.2) is 15.2 Å². The number of hydrogen-bond acceptors (Lipinski definition) is 4. The second-order valence-electron chi connectivity index (χ2n) is 5.61. The number of carbonyl (C=O) groups is 2. The third-order valence-electron chi connectivity index (χ3n) is 3.69. The first kappa shape index (κ1) is 16.4. The summed E-state index contributed by atoms with van der Waals surface area (Å²) in [5, 5.41) is 12.8. The van der Waals surface area contributed by atoms with Crippen LogP contribution in [0.5, 0.6) is 0 Å². The molecular weight excluding hydrogens is 320 g/mol. The van der Waals surface area contributed by atoms with E-state index in [1.807, 2.05) is 25.3 Å². The fourth-order valence-electron chi connectivity index (χ4n) is 2.47. The molecule has 0 aliphatic rings. The van der Waals surface area contributed by atoms with Gasteiger partial charge in [-0.3, -0.25) is 9.20 Å². The van der Waals surface area contributed by atoms with Crippen LogP contribution in [0.2, 0.25) is 0 Å². The molecule has 2 heterocycles. The maximum atomic E-state index is 12.4. The zero-order chi connectivity index (χ0) is 18.0. The maximum Gasteiger partial charge on any atom is 0.335 e. The number of aryl methyl sites for hydroxylation is 2. The number of aromatic nitrogens is 2. The zero-order valence-corrected chi connectivity index (χ0v) is 13.7. The van der Waals surface area contributed by atoms with E-state index in [0.717, 1.165) is 5.56 Å². The van der Waals surface area contributed by atoms with Crippen LogP contribution in [0, 0.1) is 13.8 Å². The van der Waals surface area contributed by atoms with E-state index in [4.69, 9.17) is 5.11 Å². The Balaban J connectivity index is 1.77. The average Bonchev–Trinajstić information content (AvgIpc) is 2.90. The van der Waals surface area contributed by atoms with Crippen LogP contribution in [0.25, 0.3) is 5.65 Å². The number of imidazole rings is 1. The largest absolute Gasteiger partial charge is 0.478 e. The molecule has 7 heteroatoms. The molecular formula is C18H16N4O3. The van der Waals surface area contributed by atoms with Crippen LogP contribution in [0.15, 0.2) is 47.7 Å². The summed E-state index contributed by atoms with van der Waals surface area (Å²) in [5.74, 6) is -1.36. The molecule has 0 bridgehead atoms. The Hall–Kier alpha value is -3.48. The predicted molar refractivity (Wildman–Crippen MR) is 93.1 cm³/mol. The van der Waals surface area contributed by atoms with Crippen LogP contribution in [0.1, 0.15) is 37.7 Å². The van der Waals surface area contributed by atoms with Crippen molar-refractivity contribution in [2.24, 2.45) is 5.10 Å². The van der Waals surface area contributed by atoms with Gasteiger partial charge < -0.3 is 5.11 Å². The van der Waals surface area contributed by atoms with Crippen LogP contribution in [0.4, 0.5) is 0 Å². The number of carboxylic acid groups (broad SMARTS) is 1. The highest BCUT2D eigenvalue weighted by Gasteiger charge is 2.16. The number of carboxylic acids is 1. The van der Waals surface area contributed by atoms with E-state index in [1.165, 1.54) is 18.3 Å². The molecule has 3 aromatic rings. The van der Waals surface area contributed by atoms with E-state index in [-0.39, 0.29) is 11.5 Å². The van der Waals surface area contributed by atoms with Crippen LogP contribution in [-0.2, 0) is 0 Å². The van der Waals surface area contributed by atoms with Gasteiger partial charge in [0.2, 0.25) is 0 Å². The summed E-state index contributed by atoms with van der Waals surface area (Å²) in [6.07, 6.45) is 3.30. The van der Waals surface area contributed by atoms with Gasteiger partial charge in [0.15, 0.2) is 0 Å². The number of nitrogens with zero attached hydrogens (tertiary/aromatic N) is 3. The van der Waals surface area contributed by atoms with E-state index in [1.54, 1.807) is 23.5 Å². The number of aromatic carboxylic acids is 1. The number of fused-ring (bicyclic) bond motifs is 1. The van der Waals surface area contributed by atoms with Crippen molar-refractivity contribution >= 4 is 23.7 Å². The standard InChI is InChI=1S/C18H16N4O3/c1-11-3-8-15-20-12(2)16(22(15)10-11)17(23)21-19-9-13-4-6-14(7-5-13)18(24)25/h3-10H,1-2H3,(H,21,23)(H,24,25)/b19-9-. The molecule has 0 unspecified atom stereocenters. The Labute approximate surface area is 143 Å². The SMILES string of the molecule is Cc1ccc2nc(C)c(C(=O)N/N=C\c3ccc(C(=O)O)cc3)n2c1. The first-order valence-electron chi connectivity index (χ1n) is 7.58. The number of hydrogen-bond donors (Lipinski definition) is 2. The second-order valence-corrected chi connectivity index (χ2v) is 5.61. The molecule has 2 aromatic heterocycles. The number of amides is 1. The van der Waals surface area contributed by atoms with Crippen molar-refractivity contribution in [1.29, 1.82) is 0 Å². The Bertz CT molecular complexity index is 987. The molecule has 0 spiro atoms. The van der Waals surface area contributed by atoms with Crippen LogP contribution >= 0.6 is 0 Å². The fraction of sp³-hybridized carbons (Fsp3) is 0.111. The molecule has 25 heavy (non-hydrogen) atoms. The van der Waals surface area contributed by atoms with Gasteiger partial charge in [-0.05, 0) is 43.2 Å². The van der Waals surface area contributed by atoms with Gasteiger partial charge in [0.25, 0.3) is 5.91 Å². The van der Waals surface area contributed by atoms with Crippen molar-refractivity contribution < 1.29 is 14.7 Å². The summed E-state index contributed by atoms with van der Waals surface area (Å²) in [7, 11) is 0. The number of rotatable bonds is 4. The Morgan fingerprint density at radius 3 is 2.56 bits per heavy atom. The van der Waals surface area contributed by atoms with Crippen LogP contribution in [0.3, 0.4) is 0 Å². The van der Waals surface area contributed by atoms with E-state index in [9.17, 15) is 9.59 Å². The molecule has 0 atom stereocenters. The fourth-order valence-corrected chi connectivity index (χ4v) is 2.47. The van der Waals surface area contributed by atoms with Crippen molar-refractivity contribution in [3.05, 3.63) is 70.7 Å². The lowest BCUT2D eigenvalue weighted by Gasteiger charge is -2.02. The predicted octanol–water partition coefficient (Wildman–Crippen LogP) is 2.41. The summed E-state index contributed by atoms with van der Waals surface area (Å²) in [6, 6.07) is 9.96. The quantitative estimate of drug-likeness (QED) is 0.565. The second kappa shape index (κ2) is 6.56. The lowest BCUT2D eigenvalue weighted by atomic mass is 10.1. The number of carbonyl (C=O) groups excluding carboxylic acids is 1. The van der Waals surface area contributed by atoms with Crippen molar-refractivity contribution in [3.63, 3.8) is 0 Å². The van der Waals surface area contributed by atoms with Gasteiger partial charge >= 0.3 is 5.97 Å². The van der Waals surface area contributed by atoms with E-state index < -0.39 is 5.97 Å². The number of pyridine rings is 1. The van der Waals surface area contributed by atoms with Gasteiger partial charge in [0, 0.05) is 6.20 Å². The van der Waals surface area contributed by atoms with Gasteiger partial charge in [-0.2, -0.15) is 5.10 Å². The van der Waals surface area contributed by atoms with Crippen LogP contribution in [-0.4, -0.2) is 32.6 Å². The van der Waals surface area contributed by atoms with E-state index in [2.05, 4.69) is 15.5 Å². The van der Waals surface area contributed by atoms with Gasteiger partial charge in [-0.15, -0.1) is 0 Å². The molecule has 0 radical (unpaired) electrons. The molecule has 0 fully saturated rings. The molecule has 126 valence electrons. The van der Waals surface area contributed by atoms with Crippen molar-refractivity contribution in [1.82, 2.24) is 14.8 Å². The minimum atomic E-state index is -0.991. The lowest BCUT2D eigenvalue weighted by molar-refractivity contribution is 0.0696. The molecule has 0 saturated heterocycles. The summed E-state index contributed by atoms with van der Waals surface area (Å²) in [6.45, 7) is 3.71. The van der Waals surface area contributed by atoms with E-state index >= 15 is 0 Å². The molecule has 3 rings (SSSR count). The molecule has 1 aromatic carbocycles. The molecule has 1 amide bonds. The summed E-state index contributed by atoms with van der Waals surface area (Å²) >= 11 is 0. The molecule has 7 nitrogen and oxygen atoms in total. The molecule has 2 N–H and O–H groups in total. The average molecular weight is 336 g/mol. The third kappa shape index (κ3) is 3.40. The van der Waals surface area contributed by atoms with Gasteiger partial charge in [0.05, 0.1) is 17.5 Å². The van der Waals surface area contributed by atoms with Crippen molar-refractivity contribution in [3.8, 4) is 0 Å². The van der Waals surface area contributed by atoms with Gasteiger partial charge in [0.1, 0.15) is 11.3 Å². The number of hydrazone groups is 1.